The van der Waals surface area contributed by atoms with Crippen molar-refractivity contribution < 1.29 is 0 Å². The fourth-order valence-corrected chi connectivity index (χ4v) is 3.79. The zero-order valence-electron chi connectivity index (χ0n) is 12.9. The number of halogens is 1. The van der Waals surface area contributed by atoms with Gasteiger partial charge in [0.2, 0.25) is 0 Å². The van der Waals surface area contributed by atoms with Gasteiger partial charge in [0.15, 0.2) is 0 Å². The van der Waals surface area contributed by atoms with Gasteiger partial charge in [-0.1, -0.05) is 19.9 Å². The number of hydrogen-bond acceptors (Lipinski definition) is 2. The van der Waals surface area contributed by atoms with Crippen molar-refractivity contribution >= 4 is 21.6 Å². The van der Waals surface area contributed by atoms with Crippen molar-refractivity contribution in [1.82, 2.24) is 0 Å². The lowest BCUT2D eigenvalue weighted by Crippen LogP contribution is -2.35. The minimum Gasteiger partial charge on any atom is -0.371 e. The first kappa shape index (κ1) is 15.8. The quantitative estimate of drug-likeness (QED) is 0.890. The second-order valence-electron chi connectivity index (χ2n) is 6.54. The first-order valence-electron chi connectivity index (χ1n) is 7.76. The third kappa shape index (κ3) is 3.98. The molecule has 0 aliphatic carbocycles. The van der Waals surface area contributed by atoms with E-state index in [0.717, 1.165) is 18.3 Å². The van der Waals surface area contributed by atoms with Crippen LogP contribution >= 0.6 is 15.9 Å². The van der Waals surface area contributed by atoms with Gasteiger partial charge in [-0.25, -0.2) is 0 Å². The Morgan fingerprint density at radius 1 is 1.25 bits per heavy atom. The lowest BCUT2D eigenvalue weighted by Gasteiger charge is -2.36. The maximum Gasteiger partial charge on any atom is 0.0510 e. The van der Waals surface area contributed by atoms with E-state index in [9.17, 15) is 0 Å². The third-order valence-corrected chi connectivity index (χ3v) is 5.03. The molecule has 20 heavy (non-hydrogen) atoms. The SMILES string of the molecule is CC(N)Cc1ccc(N2CCC(C(C)C)CC2)c(Br)c1. The van der Waals surface area contributed by atoms with Crippen LogP contribution in [0.25, 0.3) is 0 Å². The zero-order valence-corrected chi connectivity index (χ0v) is 14.5. The number of nitrogens with two attached hydrogens (primary N) is 1. The summed E-state index contributed by atoms with van der Waals surface area (Å²) in [6, 6.07) is 6.91. The van der Waals surface area contributed by atoms with Crippen LogP contribution in [0.4, 0.5) is 5.69 Å². The smallest absolute Gasteiger partial charge is 0.0510 e. The lowest BCUT2D eigenvalue weighted by molar-refractivity contribution is 0.311. The summed E-state index contributed by atoms with van der Waals surface area (Å²) in [7, 11) is 0. The highest BCUT2D eigenvalue weighted by atomic mass is 79.9. The highest BCUT2D eigenvalue weighted by Gasteiger charge is 2.22. The van der Waals surface area contributed by atoms with Crippen molar-refractivity contribution in [2.24, 2.45) is 17.6 Å². The Bertz CT molecular complexity index is 435. The van der Waals surface area contributed by atoms with Gasteiger partial charge in [-0.2, -0.15) is 0 Å². The van der Waals surface area contributed by atoms with Gasteiger partial charge in [0, 0.05) is 23.6 Å². The molecule has 0 amide bonds. The standard InChI is InChI=1S/C17H27BrN2/c1-12(2)15-6-8-20(9-7-15)17-5-4-14(10-13(3)19)11-16(17)18/h4-5,11-13,15H,6-10,19H2,1-3H3. The molecule has 2 rings (SSSR count). The van der Waals surface area contributed by atoms with Gasteiger partial charge in [-0.3, -0.25) is 0 Å². The predicted octanol–water partition coefficient (Wildman–Crippen LogP) is 4.21. The summed E-state index contributed by atoms with van der Waals surface area (Å²) >= 11 is 3.73. The van der Waals surface area contributed by atoms with Gasteiger partial charge in [-0.05, 0) is 71.6 Å². The molecule has 0 saturated carbocycles. The molecule has 1 heterocycles. The van der Waals surface area contributed by atoms with Crippen LogP contribution in [-0.2, 0) is 6.42 Å². The topological polar surface area (TPSA) is 29.3 Å². The first-order chi connectivity index (χ1) is 9.47. The zero-order chi connectivity index (χ0) is 14.7. The average Bonchev–Trinajstić information content (AvgIpc) is 2.38. The van der Waals surface area contributed by atoms with Crippen molar-refractivity contribution in [2.45, 2.75) is 46.1 Å². The number of benzene rings is 1. The second-order valence-corrected chi connectivity index (χ2v) is 7.39. The summed E-state index contributed by atoms with van der Waals surface area (Å²) in [5, 5.41) is 0. The molecule has 1 aromatic carbocycles. The normalized spacial score (nSPS) is 18.6. The van der Waals surface area contributed by atoms with Crippen LogP contribution in [0.2, 0.25) is 0 Å². The van der Waals surface area contributed by atoms with Gasteiger partial charge < -0.3 is 10.6 Å². The molecule has 1 saturated heterocycles. The van der Waals surface area contributed by atoms with Crippen LogP contribution in [0.5, 0.6) is 0 Å². The van der Waals surface area contributed by atoms with Crippen molar-refractivity contribution in [3.05, 3.63) is 28.2 Å². The van der Waals surface area contributed by atoms with E-state index in [1.165, 1.54) is 41.7 Å². The van der Waals surface area contributed by atoms with Gasteiger partial charge >= 0.3 is 0 Å². The Kier molecular flexibility index (Phi) is 5.50. The van der Waals surface area contributed by atoms with Gasteiger partial charge in [0.1, 0.15) is 0 Å². The molecular formula is C17H27BrN2. The summed E-state index contributed by atoms with van der Waals surface area (Å²) in [5.74, 6) is 1.70. The molecule has 0 spiro atoms. The summed E-state index contributed by atoms with van der Waals surface area (Å²) < 4.78 is 1.21. The number of hydrogen-bond donors (Lipinski definition) is 1. The largest absolute Gasteiger partial charge is 0.371 e. The Balaban J connectivity index is 2.03. The molecule has 2 N–H and O–H groups in total. The maximum absolute atomic E-state index is 5.87. The molecule has 112 valence electrons. The molecule has 1 atom stereocenters. The first-order valence-corrected chi connectivity index (χ1v) is 8.55. The molecule has 1 aromatic rings. The molecule has 0 radical (unpaired) electrons. The van der Waals surface area contributed by atoms with Crippen LogP contribution in [0, 0.1) is 11.8 Å². The van der Waals surface area contributed by atoms with Gasteiger partial charge in [0.25, 0.3) is 0 Å². The Hall–Kier alpha value is -0.540. The summed E-state index contributed by atoms with van der Waals surface area (Å²) in [6.45, 7) is 9.10. The van der Waals surface area contributed by atoms with E-state index in [-0.39, 0.29) is 6.04 Å². The van der Waals surface area contributed by atoms with E-state index in [2.05, 4.69) is 59.8 Å². The minimum atomic E-state index is 0.217. The predicted molar refractivity (Wildman–Crippen MR) is 91.3 cm³/mol. The van der Waals surface area contributed by atoms with Gasteiger partial charge in [0.05, 0.1) is 5.69 Å². The number of nitrogens with zero attached hydrogens (tertiary/aromatic N) is 1. The fourth-order valence-electron chi connectivity index (χ4n) is 3.11. The van der Waals surface area contributed by atoms with E-state index in [1.54, 1.807) is 0 Å². The highest BCUT2D eigenvalue weighted by Crippen LogP contribution is 2.32. The van der Waals surface area contributed by atoms with Crippen molar-refractivity contribution in [3.8, 4) is 0 Å². The fraction of sp³-hybridized carbons (Fsp3) is 0.647. The van der Waals surface area contributed by atoms with Crippen LogP contribution in [0.3, 0.4) is 0 Å². The Morgan fingerprint density at radius 3 is 2.40 bits per heavy atom. The Morgan fingerprint density at radius 2 is 1.90 bits per heavy atom. The van der Waals surface area contributed by atoms with Crippen molar-refractivity contribution in [1.29, 1.82) is 0 Å². The molecule has 1 fully saturated rings. The lowest BCUT2D eigenvalue weighted by atomic mass is 9.86. The second kappa shape index (κ2) is 6.95. The molecule has 2 nitrogen and oxygen atoms in total. The van der Waals surface area contributed by atoms with E-state index in [0.29, 0.717) is 0 Å². The van der Waals surface area contributed by atoms with Crippen molar-refractivity contribution in [3.63, 3.8) is 0 Å². The maximum atomic E-state index is 5.87. The van der Waals surface area contributed by atoms with E-state index >= 15 is 0 Å². The summed E-state index contributed by atoms with van der Waals surface area (Å²) in [5.41, 5.74) is 8.52. The molecule has 1 aliphatic heterocycles. The number of piperidine rings is 1. The molecule has 0 bridgehead atoms. The third-order valence-electron chi connectivity index (χ3n) is 4.39. The van der Waals surface area contributed by atoms with Crippen LogP contribution in [0.15, 0.2) is 22.7 Å². The average molecular weight is 339 g/mol. The molecular weight excluding hydrogens is 312 g/mol. The molecule has 3 heteroatoms. The van der Waals surface area contributed by atoms with Crippen molar-refractivity contribution in [2.75, 3.05) is 18.0 Å². The van der Waals surface area contributed by atoms with Crippen LogP contribution < -0.4 is 10.6 Å². The summed E-state index contributed by atoms with van der Waals surface area (Å²) in [6.07, 6.45) is 3.56. The highest BCUT2D eigenvalue weighted by molar-refractivity contribution is 9.10. The Labute approximate surface area is 131 Å². The number of anilines is 1. The van der Waals surface area contributed by atoms with Gasteiger partial charge in [-0.15, -0.1) is 0 Å². The molecule has 1 aliphatic rings. The number of rotatable bonds is 4. The monoisotopic (exact) mass is 338 g/mol. The molecule has 1 unspecified atom stereocenters. The van der Waals surface area contributed by atoms with E-state index in [1.807, 2.05) is 0 Å². The van der Waals surface area contributed by atoms with Crippen LogP contribution in [-0.4, -0.2) is 19.1 Å². The van der Waals surface area contributed by atoms with Crippen LogP contribution in [0.1, 0.15) is 39.2 Å². The van der Waals surface area contributed by atoms with E-state index < -0.39 is 0 Å². The molecule has 0 aromatic heterocycles. The minimum absolute atomic E-state index is 0.217. The van der Waals surface area contributed by atoms with E-state index in [4.69, 9.17) is 5.73 Å². The summed E-state index contributed by atoms with van der Waals surface area (Å²) in [4.78, 5) is 2.51.